The molecule has 0 amide bonds. The predicted molar refractivity (Wildman–Crippen MR) is 76.4 cm³/mol. The average molecular weight is 240 g/mol. The van der Waals surface area contributed by atoms with Gasteiger partial charge in [-0.25, -0.2) is 9.97 Å². The third-order valence-corrected chi connectivity index (χ3v) is 2.34. The number of anilines is 2. The van der Waals surface area contributed by atoms with Crippen molar-refractivity contribution in [3.8, 4) is 0 Å². The van der Waals surface area contributed by atoms with Crippen LogP contribution in [0.2, 0.25) is 0 Å². The van der Waals surface area contributed by atoms with E-state index in [1.165, 1.54) is 0 Å². The number of para-hydroxylation sites is 2. The highest BCUT2D eigenvalue weighted by Crippen LogP contribution is 2.21. The molecule has 4 heteroatoms. The third-order valence-electron chi connectivity index (χ3n) is 2.34. The number of hydrogen-bond acceptors (Lipinski definition) is 4. The largest absolute Gasteiger partial charge is 0.344 e. The molecule has 0 fully saturated rings. The Labute approximate surface area is 106 Å². The molecule has 0 unspecified atom stereocenters. The van der Waals surface area contributed by atoms with Crippen LogP contribution in [-0.4, -0.2) is 9.97 Å². The molecule has 1 heterocycles. The summed E-state index contributed by atoms with van der Waals surface area (Å²) in [6.07, 6.45) is 7.49. The van der Waals surface area contributed by atoms with Crippen LogP contribution in [0, 0.1) is 0 Å². The first kappa shape index (κ1) is 12.1. The van der Waals surface area contributed by atoms with E-state index >= 15 is 0 Å². The van der Waals surface area contributed by atoms with Gasteiger partial charge in [0.15, 0.2) is 11.6 Å². The van der Waals surface area contributed by atoms with Crippen molar-refractivity contribution in [2.45, 2.75) is 13.8 Å². The summed E-state index contributed by atoms with van der Waals surface area (Å²) in [6, 6.07) is 7.80. The fourth-order valence-electron chi connectivity index (χ4n) is 1.53. The van der Waals surface area contributed by atoms with Crippen LogP contribution in [0.25, 0.3) is 11.0 Å². The maximum absolute atomic E-state index is 4.54. The smallest absolute Gasteiger partial charge is 0.174 e. The maximum Gasteiger partial charge on any atom is 0.174 e. The Morgan fingerprint density at radius 3 is 1.67 bits per heavy atom. The van der Waals surface area contributed by atoms with E-state index in [-0.39, 0.29) is 0 Å². The summed E-state index contributed by atoms with van der Waals surface area (Å²) < 4.78 is 0. The molecule has 1 aromatic heterocycles. The Morgan fingerprint density at radius 2 is 1.28 bits per heavy atom. The number of hydrogen-bond donors (Lipinski definition) is 2. The lowest BCUT2D eigenvalue weighted by molar-refractivity contribution is 1.27. The van der Waals surface area contributed by atoms with E-state index in [0.717, 1.165) is 11.0 Å². The first-order chi connectivity index (χ1) is 8.85. The van der Waals surface area contributed by atoms with Gasteiger partial charge in [-0.3, -0.25) is 0 Å². The van der Waals surface area contributed by atoms with E-state index in [1.54, 1.807) is 0 Å². The minimum Gasteiger partial charge on any atom is -0.344 e. The topological polar surface area (TPSA) is 49.8 Å². The van der Waals surface area contributed by atoms with Crippen molar-refractivity contribution in [2.24, 2.45) is 0 Å². The zero-order valence-corrected chi connectivity index (χ0v) is 10.5. The maximum atomic E-state index is 4.54. The molecule has 2 rings (SSSR count). The number of nitrogens with one attached hydrogen (secondary N) is 2. The van der Waals surface area contributed by atoms with Gasteiger partial charge in [0.1, 0.15) is 0 Å². The molecular formula is C14H16N4. The molecule has 92 valence electrons. The van der Waals surface area contributed by atoms with Crippen LogP contribution in [0.4, 0.5) is 11.6 Å². The van der Waals surface area contributed by atoms with E-state index < -0.39 is 0 Å². The predicted octanol–water partition coefficient (Wildman–Crippen LogP) is 3.52. The molecule has 0 spiro atoms. The molecule has 0 bridgehead atoms. The summed E-state index contributed by atoms with van der Waals surface area (Å²) in [7, 11) is 0. The van der Waals surface area contributed by atoms with Crippen molar-refractivity contribution < 1.29 is 0 Å². The lowest BCUT2D eigenvalue weighted by Gasteiger charge is -2.08. The molecule has 0 aliphatic rings. The molecule has 0 aliphatic carbocycles. The standard InChI is InChI=1S/C14H16N4/c1-3-9-15-13-14(16-10-4-2)18-12-8-6-5-7-11(12)17-13/h3-10H,1-2H3,(H,15,17)(H,16,18). The van der Waals surface area contributed by atoms with Crippen molar-refractivity contribution >= 4 is 22.7 Å². The second kappa shape index (κ2) is 5.82. The molecule has 2 aromatic rings. The Hall–Kier alpha value is -2.36. The molecule has 0 atom stereocenters. The van der Waals surface area contributed by atoms with Crippen molar-refractivity contribution in [1.82, 2.24) is 9.97 Å². The van der Waals surface area contributed by atoms with Crippen LogP contribution < -0.4 is 10.6 Å². The fraction of sp³-hybridized carbons (Fsp3) is 0.143. The summed E-state index contributed by atoms with van der Waals surface area (Å²) in [5.74, 6) is 1.43. The molecule has 2 N–H and O–H groups in total. The average Bonchev–Trinajstić information content (AvgIpc) is 2.42. The van der Waals surface area contributed by atoms with Crippen LogP contribution in [0.3, 0.4) is 0 Å². The van der Waals surface area contributed by atoms with Gasteiger partial charge in [0.05, 0.1) is 11.0 Å². The van der Waals surface area contributed by atoms with E-state index in [2.05, 4.69) is 20.6 Å². The second-order valence-electron chi connectivity index (χ2n) is 3.70. The Balaban J connectivity index is 2.48. The number of rotatable bonds is 4. The first-order valence-electron chi connectivity index (χ1n) is 5.87. The summed E-state index contributed by atoms with van der Waals surface area (Å²) in [5.41, 5.74) is 1.74. The van der Waals surface area contributed by atoms with Crippen molar-refractivity contribution in [3.05, 3.63) is 48.8 Å². The summed E-state index contributed by atoms with van der Waals surface area (Å²) in [6.45, 7) is 3.89. The molecule has 18 heavy (non-hydrogen) atoms. The zero-order valence-electron chi connectivity index (χ0n) is 10.5. The Bertz CT molecular complexity index is 535. The molecule has 4 nitrogen and oxygen atoms in total. The van der Waals surface area contributed by atoms with Gasteiger partial charge in [0.2, 0.25) is 0 Å². The van der Waals surface area contributed by atoms with E-state index in [1.807, 2.05) is 62.7 Å². The number of benzene rings is 1. The number of nitrogens with zero attached hydrogens (tertiary/aromatic N) is 2. The highest BCUT2D eigenvalue weighted by atomic mass is 15.1. The van der Waals surface area contributed by atoms with E-state index in [4.69, 9.17) is 0 Å². The SMILES string of the molecule is CC=CNc1nc2ccccc2nc1NC=CC. The highest BCUT2D eigenvalue weighted by Gasteiger charge is 2.05. The number of fused-ring (bicyclic) bond motifs is 1. The number of allylic oxidation sites excluding steroid dienone is 2. The van der Waals surface area contributed by atoms with E-state index in [0.29, 0.717) is 11.6 Å². The van der Waals surface area contributed by atoms with Gasteiger partial charge >= 0.3 is 0 Å². The molecule has 0 aliphatic heterocycles. The van der Waals surface area contributed by atoms with Gasteiger partial charge in [-0.15, -0.1) is 0 Å². The zero-order chi connectivity index (χ0) is 12.8. The van der Waals surface area contributed by atoms with E-state index in [9.17, 15) is 0 Å². The minimum atomic E-state index is 0.713. The lowest BCUT2D eigenvalue weighted by Crippen LogP contribution is -2.01. The Kier molecular flexibility index (Phi) is 3.91. The van der Waals surface area contributed by atoms with Crippen LogP contribution in [0.15, 0.2) is 48.8 Å². The van der Waals surface area contributed by atoms with Gasteiger partial charge in [-0.1, -0.05) is 24.3 Å². The molecule has 0 saturated heterocycles. The van der Waals surface area contributed by atoms with Crippen LogP contribution >= 0.6 is 0 Å². The fourth-order valence-corrected chi connectivity index (χ4v) is 1.53. The van der Waals surface area contributed by atoms with Crippen molar-refractivity contribution in [1.29, 1.82) is 0 Å². The highest BCUT2D eigenvalue weighted by molar-refractivity contribution is 5.80. The monoisotopic (exact) mass is 240 g/mol. The van der Waals surface area contributed by atoms with Gasteiger partial charge in [-0.2, -0.15) is 0 Å². The van der Waals surface area contributed by atoms with Crippen LogP contribution in [0.5, 0.6) is 0 Å². The lowest BCUT2D eigenvalue weighted by atomic mass is 10.3. The van der Waals surface area contributed by atoms with Crippen molar-refractivity contribution in [3.63, 3.8) is 0 Å². The van der Waals surface area contributed by atoms with Gasteiger partial charge < -0.3 is 10.6 Å². The Morgan fingerprint density at radius 1 is 0.833 bits per heavy atom. The van der Waals surface area contributed by atoms with Crippen molar-refractivity contribution in [2.75, 3.05) is 10.6 Å². The molecular weight excluding hydrogens is 224 g/mol. The van der Waals surface area contributed by atoms with Gasteiger partial charge in [0, 0.05) is 0 Å². The summed E-state index contributed by atoms with van der Waals surface area (Å²) in [4.78, 5) is 9.09. The normalized spacial score (nSPS) is 11.4. The molecule has 0 radical (unpaired) electrons. The van der Waals surface area contributed by atoms with Crippen LogP contribution in [-0.2, 0) is 0 Å². The molecule has 0 saturated carbocycles. The molecule has 1 aromatic carbocycles. The van der Waals surface area contributed by atoms with Gasteiger partial charge in [0.25, 0.3) is 0 Å². The number of aromatic nitrogens is 2. The quantitative estimate of drug-likeness (QED) is 0.858. The third kappa shape index (κ3) is 2.66. The second-order valence-corrected chi connectivity index (χ2v) is 3.70. The van der Waals surface area contributed by atoms with Crippen LogP contribution in [0.1, 0.15) is 13.8 Å². The first-order valence-corrected chi connectivity index (χ1v) is 5.87. The summed E-state index contributed by atoms with van der Waals surface area (Å²) >= 11 is 0. The minimum absolute atomic E-state index is 0.713. The van der Waals surface area contributed by atoms with Gasteiger partial charge in [-0.05, 0) is 38.4 Å². The summed E-state index contributed by atoms with van der Waals surface area (Å²) in [5, 5.41) is 6.23.